The summed E-state index contributed by atoms with van der Waals surface area (Å²) in [6, 6.07) is 24.4. The van der Waals surface area contributed by atoms with Crippen LogP contribution in [0.1, 0.15) is 11.1 Å². The zero-order valence-corrected chi connectivity index (χ0v) is 17.9. The van der Waals surface area contributed by atoms with Crippen molar-refractivity contribution in [2.75, 3.05) is 26.2 Å². The van der Waals surface area contributed by atoms with E-state index in [0.717, 1.165) is 11.1 Å². The number of nitrogens with zero attached hydrogens (tertiary/aromatic N) is 2. The molecule has 1 unspecified atom stereocenters. The number of benzene rings is 3. The zero-order valence-electron chi connectivity index (χ0n) is 17.9. The standard InChI is InChI=1S/C26H23FN2O4/c27-21-11-13-22(14-12-21)32-18-24(30)28-15-16-29-23(17-28)26(33-25(29)31,19-7-3-1-4-8-19)20-9-5-2-6-10-20/h1-14,23H,15-18H2. The van der Waals surface area contributed by atoms with Gasteiger partial charge in [-0.1, -0.05) is 60.7 Å². The van der Waals surface area contributed by atoms with Gasteiger partial charge in [0, 0.05) is 30.8 Å². The van der Waals surface area contributed by atoms with Gasteiger partial charge >= 0.3 is 6.09 Å². The molecule has 0 aromatic heterocycles. The third-order valence-electron chi connectivity index (χ3n) is 6.27. The van der Waals surface area contributed by atoms with Crippen molar-refractivity contribution in [2.24, 2.45) is 0 Å². The van der Waals surface area contributed by atoms with Crippen molar-refractivity contribution < 1.29 is 23.5 Å². The Hall–Kier alpha value is -3.87. The number of cyclic esters (lactones) is 1. The molecule has 2 aliphatic heterocycles. The molecule has 0 bridgehead atoms. The number of carbonyl (C=O) groups excluding carboxylic acids is 2. The van der Waals surface area contributed by atoms with Crippen LogP contribution in [0.15, 0.2) is 84.9 Å². The molecule has 0 N–H and O–H groups in total. The number of hydrogen-bond acceptors (Lipinski definition) is 4. The average Bonchev–Trinajstić information content (AvgIpc) is 3.17. The number of amides is 2. The SMILES string of the molecule is O=C(COc1ccc(F)cc1)N1CCN2C(=O)OC(c3ccccc3)(c3ccccc3)C2C1. The molecule has 2 fully saturated rings. The molecule has 1 atom stereocenters. The number of piperazine rings is 1. The molecular weight excluding hydrogens is 423 g/mol. The Kier molecular flexibility index (Phi) is 5.46. The Morgan fingerprint density at radius 1 is 0.939 bits per heavy atom. The van der Waals surface area contributed by atoms with Gasteiger partial charge < -0.3 is 14.4 Å². The molecule has 0 aliphatic carbocycles. The van der Waals surface area contributed by atoms with Crippen molar-refractivity contribution in [3.63, 3.8) is 0 Å². The maximum Gasteiger partial charge on any atom is 0.411 e. The van der Waals surface area contributed by atoms with Crippen LogP contribution < -0.4 is 4.74 Å². The van der Waals surface area contributed by atoms with Crippen molar-refractivity contribution in [3.05, 3.63) is 102 Å². The van der Waals surface area contributed by atoms with Gasteiger partial charge in [0.2, 0.25) is 0 Å². The molecule has 2 saturated heterocycles. The van der Waals surface area contributed by atoms with Crippen LogP contribution in [-0.2, 0) is 15.1 Å². The Labute approximate surface area is 191 Å². The second kappa shape index (κ2) is 8.58. The van der Waals surface area contributed by atoms with Crippen LogP contribution in [0.2, 0.25) is 0 Å². The topological polar surface area (TPSA) is 59.1 Å². The Bertz CT molecular complexity index is 1100. The van der Waals surface area contributed by atoms with Crippen LogP contribution in [0.25, 0.3) is 0 Å². The van der Waals surface area contributed by atoms with Crippen LogP contribution in [0.3, 0.4) is 0 Å². The van der Waals surface area contributed by atoms with E-state index in [2.05, 4.69) is 0 Å². The Balaban J connectivity index is 1.42. The summed E-state index contributed by atoms with van der Waals surface area (Å²) in [4.78, 5) is 29.3. The summed E-state index contributed by atoms with van der Waals surface area (Å²) in [7, 11) is 0. The van der Waals surface area contributed by atoms with Gasteiger partial charge in [-0.3, -0.25) is 9.69 Å². The molecule has 168 valence electrons. The van der Waals surface area contributed by atoms with Gasteiger partial charge in [0.15, 0.2) is 12.2 Å². The number of rotatable bonds is 5. The summed E-state index contributed by atoms with van der Waals surface area (Å²) >= 11 is 0. The first-order chi connectivity index (χ1) is 16.1. The molecular formula is C26H23FN2O4. The van der Waals surface area contributed by atoms with E-state index < -0.39 is 11.6 Å². The molecule has 0 saturated carbocycles. The molecule has 3 aromatic rings. The minimum absolute atomic E-state index is 0.170. The normalized spacial score (nSPS) is 19.1. The molecule has 0 radical (unpaired) electrons. The quantitative estimate of drug-likeness (QED) is 0.598. The fourth-order valence-electron chi connectivity index (χ4n) is 4.65. The van der Waals surface area contributed by atoms with Gasteiger partial charge in [-0.25, -0.2) is 9.18 Å². The monoisotopic (exact) mass is 446 g/mol. The Morgan fingerprint density at radius 2 is 1.55 bits per heavy atom. The zero-order chi connectivity index (χ0) is 22.8. The average molecular weight is 446 g/mol. The lowest BCUT2D eigenvalue weighted by Gasteiger charge is -2.42. The van der Waals surface area contributed by atoms with Crippen LogP contribution in [0, 0.1) is 5.82 Å². The first-order valence-corrected chi connectivity index (χ1v) is 10.8. The number of hydrogen-bond donors (Lipinski definition) is 0. The highest BCUT2D eigenvalue weighted by molar-refractivity contribution is 5.79. The maximum atomic E-state index is 13.1. The third-order valence-corrected chi connectivity index (χ3v) is 6.27. The van der Waals surface area contributed by atoms with E-state index in [9.17, 15) is 14.0 Å². The minimum Gasteiger partial charge on any atom is -0.484 e. The molecule has 2 heterocycles. The van der Waals surface area contributed by atoms with E-state index in [-0.39, 0.29) is 24.4 Å². The highest BCUT2D eigenvalue weighted by Crippen LogP contribution is 2.45. The predicted molar refractivity (Wildman–Crippen MR) is 119 cm³/mol. The van der Waals surface area contributed by atoms with Gasteiger partial charge in [-0.05, 0) is 24.3 Å². The van der Waals surface area contributed by atoms with E-state index in [1.165, 1.54) is 24.3 Å². The van der Waals surface area contributed by atoms with Crippen LogP contribution in [0.4, 0.5) is 9.18 Å². The summed E-state index contributed by atoms with van der Waals surface area (Å²) < 4.78 is 24.8. The van der Waals surface area contributed by atoms with Gasteiger partial charge in [0.1, 0.15) is 17.6 Å². The molecule has 33 heavy (non-hydrogen) atoms. The molecule has 2 amide bonds. The van der Waals surface area contributed by atoms with E-state index >= 15 is 0 Å². The summed E-state index contributed by atoms with van der Waals surface area (Å²) in [5.41, 5.74) is 0.680. The number of fused-ring (bicyclic) bond motifs is 1. The smallest absolute Gasteiger partial charge is 0.411 e. The van der Waals surface area contributed by atoms with Gasteiger partial charge in [0.05, 0.1) is 0 Å². The molecule has 3 aromatic carbocycles. The minimum atomic E-state index is -1.03. The first kappa shape index (κ1) is 21.0. The maximum absolute atomic E-state index is 13.1. The largest absolute Gasteiger partial charge is 0.484 e. The molecule has 6 nitrogen and oxygen atoms in total. The fraction of sp³-hybridized carbons (Fsp3) is 0.231. The lowest BCUT2D eigenvalue weighted by molar-refractivity contribution is -0.136. The second-order valence-corrected chi connectivity index (χ2v) is 8.13. The Morgan fingerprint density at radius 3 is 2.15 bits per heavy atom. The lowest BCUT2D eigenvalue weighted by Crippen LogP contribution is -2.59. The van der Waals surface area contributed by atoms with Crippen LogP contribution >= 0.6 is 0 Å². The van der Waals surface area contributed by atoms with Gasteiger partial charge in [-0.2, -0.15) is 0 Å². The van der Waals surface area contributed by atoms with Crippen molar-refractivity contribution in [1.29, 1.82) is 0 Å². The van der Waals surface area contributed by atoms with Crippen molar-refractivity contribution in [1.82, 2.24) is 9.80 Å². The first-order valence-electron chi connectivity index (χ1n) is 10.8. The molecule has 2 aliphatic rings. The van der Waals surface area contributed by atoms with Gasteiger partial charge in [-0.15, -0.1) is 0 Å². The molecule has 7 heteroatoms. The number of halogens is 1. The fourth-order valence-corrected chi connectivity index (χ4v) is 4.65. The molecule has 5 rings (SSSR count). The summed E-state index contributed by atoms with van der Waals surface area (Å²) in [6.45, 7) is 0.891. The van der Waals surface area contributed by atoms with Crippen molar-refractivity contribution in [3.8, 4) is 5.75 Å². The van der Waals surface area contributed by atoms with Crippen molar-refractivity contribution >= 4 is 12.0 Å². The van der Waals surface area contributed by atoms with E-state index in [1.54, 1.807) is 9.80 Å². The highest BCUT2D eigenvalue weighted by Gasteiger charge is 2.58. The predicted octanol–water partition coefficient (Wildman–Crippen LogP) is 3.81. The molecule has 0 spiro atoms. The van der Waals surface area contributed by atoms with Gasteiger partial charge in [0.25, 0.3) is 5.91 Å². The number of carbonyl (C=O) groups is 2. The van der Waals surface area contributed by atoms with E-state index in [1.807, 2.05) is 60.7 Å². The lowest BCUT2D eigenvalue weighted by atomic mass is 9.79. The summed E-state index contributed by atoms with van der Waals surface area (Å²) in [5, 5.41) is 0. The number of ether oxygens (including phenoxy) is 2. The third kappa shape index (κ3) is 3.80. The van der Waals surface area contributed by atoms with Crippen LogP contribution in [0.5, 0.6) is 5.75 Å². The van der Waals surface area contributed by atoms with Crippen LogP contribution in [-0.4, -0.2) is 54.1 Å². The van der Waals surface area contributed by atoms with E-state index in [0.29, 0.717) is 25.4 Å². The highest BCUT2D eigenvalue weighted by atomic mass is 19.1. The van der Waals surface area contributed by atoms with E-state index in [4.69, 9.17) is 9.47 Å². The second-order valence-electron chi connectivity index (χ2n) is 8.13. The summed E-state index contributed by atoms with van der Waals surface area (Å²) in [5.74, 6) is -0.145. The summed E-state index contributed by atoms with van der Waals surface area (Å²) in [6.07, 6.45) is -0.387. The van der Waals surface area contributed by atoms with Crippen molar-refractivity contribution in [2.45, 2.75) is 11.6 Å².